The molecule has 0 saturated heterocycles. The molecule has 8 heteroatoms. The van der Waals surface area contributed by atoms with Crippen LogP contribution in [0.15, 0.2) is 65.3 Å². The van der Waals surface area contributed by atoms with Crippen LogP contribution in [-0.2, 0) is 4.79 Å². The van der Waals surface area contributed by atoms with Gasteiger partial charge in [0.05, 0.1) is 33.3 Å². The van der Waals surface area contributed by atoms with E-state index in [2.05, 4.69) is 5.32 Å². The number of furan rings is 1. The van der Waals surface area contributed by atoms with Crippen molar-refractivity contribution < 1.29 is 28.2 Å². The Morgan fingerprint density at radius 1 is 0.914 bits per heavy atom. The third kappa shape index (κ3) is 4.96. The van der Waals surface area contributed by atoms with Crippen LogP contribution in [0.5, 0.6) is 17.2 Å². The zero-order chi connectivity index (χ0) is 24.8. The summed E-state index contributed by atoms with van der Waals surface area (Å²) in [7, 11) is 4.56. The number of anilines is 1. The topological polar surface area (TPSA) is 90.2 Å². The third-order valence-corrected chi connectivity index (χ3v) is 6.23. The molecule has 1 atom stereocenters. The number of ether oxygens (including phenoxy) is 3. The van der Waals surface area contributed by atoms with Gasteiger partial charge in [-0.25, -0.2) is 0 Å². The lowest BCUT2D eigenvalue weighted by atomic mass is 10.00. The predicted molar refractivity (Wildman–Crippen MR) is 131 cm³/mol. The first-order valence-corrected chi connectivity index (χ1v) is 11.6. The molecule has 184 valence electrons. The molecule has 1 aromatic heterocycles. The SMILES string of the molecule is COc1ccccc1N(C(=O)c1ccco1)C(C(=O)NC1CCCC1)c1cccc(OC)c1OC. The van der Waals surface area contributed by atoms with Crippen LogP contribution in [-0.4, -0.2) is 39.2 Å². The monoisotopic (exact) mass is 478 g/mol. The van der Waals surface area contributed by atoms with Crippen LogP contribution in [0.25, 0.3) is 0 Å². The molecule has 0 radical (unpaired) electrons. The van der Waals surface area contributed by atoms with Gasteiger partial charge in [-0.1, -0.05) is 37.1 Å². The summed E-state index contributed by atoms with van der Waals surface area (Å²) in [4.78, 5) is 29.3. The molecule has 1 saturated carbocycles. The fraction of sp³-hybridized carbons (Fsp3) is 0.333. The maximum atomic E-state index is 14.0. The summed E-state index contributed by atoms with van der Waals surface area (Å²) in [5.74, 6) is 0.539. The van der Waals surface area contributed by atoms with E-state index in [0.29, 0.717) is 28.5 Å². The van der Waals surface area contributed by atoms with Gasteiger partial charge in [0.2, 0.25) is 5.91 Å². The second-order valence-corrected chi connectivity index (χ2v) is 8.30. The minimum Gasteiger partial charge on any atom is -0.495 e. The molecule has 2 aromatic carbocycles. The average molecular weight is 479 g/mol. The Morgan fingerprint density at radius 2 is 1.63 bits per heavy atom. The van der Waals surface area contributed by atoms with E-state index < -0.39 is 11.9 Å². The Morgan fingerprint density at radius 3 is 2.29 bits per heavy atom. The van der Waals surface area contributed by atoms with Gasteiger partial charge in [-0.05, 0) is 43.2 Å². The first-order valence-electron chi connectivity index (χ1n) is 11.6. The van der Waals surface area contributed by atoms with E-state index in [-0.39, 0.29) is 17.7 Å². The fourth-order valence-electron chi connectivity index (χ4n) is 4.59. The maximum absolute atomic E-state index is 14.0. The molecule has 8 nitrogen and oxygen atoms in total. The molecule has 0 bridgehead atoms. The molecule has 1 heterocycles. The highest BCUT2D eigenvalue weighted by Crippen LogP contribution is 2.42. The summed E-state index contributed by atoms with van der Waals surface area (Å²) in [6.45, 7) is 0. The number of benzene rings is 2. The number of rotatable bonds is 9. The number of methoxy groups -OCH3 is 3. The van der Waals surface area contributed by atoms with Crippen LogP contribution in [0.3, 0.4) is 0 Å². The van der Waals surface area contributed by atoms with Gasteiger partial charge in [0.25, 0.3) is 5.91 Å². The first kappa shape index (κ1) is 24.2. The van der Waals surface area contributed by atoms with Crippen molar-refractivity contribution in [3.05, 3.63) is 72.2 Å². The fourth-order valence-corrected chi connectivity index (χ4v) is 4.59. The van der Waals surface area contributed by atoms with Gasteiger partial charge in [0.1, 0.15) is 11.8 Å². The lowest BCUT2D eigenvalue weighted by Gasteiger charge is -2.33. The number of nitrogens with zero attached hydrogens (tertiary/aromatic N) is 1. The molecule has 4 rings (SSSR count). The van der Waals surface area contributed by atoms with Gasteiger partial charge in [-0.15, -0.1) is 0 Å². The molecule has 3 aromatic rings. The highest BCUT2D eigenvalue weighted by Gasteiger charge is 2.39. The highest BCUT2D eigenvalue weighted by molar-refractivity contribution is 6.09. The summed E-state index contributed by atoms with van der Waals surface area (Å²) < 4.78 is 22.2. The Hall–Kier alpha value is -3.94. The Labute approximate surface area is 204 Å². The molecule has 1 aliphatic rings. The van der Waals surface area contributed by atoms with E-state index in [1.807, 2.05) is 0 Å². The summed E-state index contributed by atoms with van der Waals surface area (Å²) in [5, 5.41) is 3.15. The number of carbonyl (C=O) groups excluding carboxylic acids is 2. The quantitative estimate of drug-likeness (QED) is 0.477. The molecule has 1 N–H and O–H groups in total. The minimum absolute atomic E-state index is 0.0415. The number of nitrogens with one attached hydrogen (secondary N) is 1. The van der Waals surface area contributed by atoms with Crippen molar-refractivity contribution in [1.29, 1.82) is 0 Å². The van der Waals surface area contributed by atoms with Crippen molar-refractivity contribution in [1.82, 2.24) is 5.32 Å². The van der Waals surface area contributed by atoms with Crippen LogP contribution in [0, 0.1) is 0 Å². The zero-order valence-electron chi connectivity index (χ0n) is 20.2. The predicted octanol–water partition coefficient (Wildman–Crippen LogP) is 4.75. The summed E-state index contributed by atoms with van der Waals surface area (Å²) in [5.41, 5.74) is 0.904. The van der Waals surface area contributed by atoms with Crippen molar-refractivity contribution in [2.45, 2.75) is 37.8 Å². The van der Waals surface area contributed by atoms with Crippen LogP contribution >= 0.6 is 0 Å². The molecule has 0 aliphatic heterocycles. The molecular weight excluding hydrogens is 448 g/mol. The average Bonchev–Trinajstić information content (AvgIpc) is 3.61. The lowest BCUT2D eigenvalue weighted by molar-refractivity contribution is -0.123. The highest BCUT2D eigenvalue weighted by atomic mass is 16.5. The number of para-hydroxylation sites is 3. The minimum atomic E-state index is -1.09. The summed E-state index contributed by atoms with van der Waals surface area (Å²) in [6.07, 6.45) is 5.33. The van der Waals surface area contributed by atoms with E-state index in [1.54, 1.807) is 54.6 Å². The van der Waals surface area contributed by atoms with Gasteiger partial charge in [0.15, 0.2) is 17.3 Å². The van der Waals surface area contributed by atoms with Gasteiger partial charge < -0.3 is 23.9 Å². The van der Waals surface area contributed by atoms with Crippen LogP contribution < -0.4 is 24.4 Å². The molecule has 1 fully saturated rings. The molecule has 35 heavy (non-hydrogen) atoms. The standard InChI is InChI=1S/C27H30N2O6/c1-32-21-14-7-6-13-20(21)29(27(31)23-16-9-17-35-23)24(26(30)28-18-10-4-5-11-18)19-12-8-15-22(33-2)25(19)34-3/h6-9,12-18,24H,4-5,10-11H2,1-3H3,(H,28,30). The Bertz CT molecular complexity index is 1150. The summed E-state index contributed by atoms with van der Waals surface area (Å²) in [6, 6.07) is 14.5. The number of hydrogen-bond acceptors (Lipinski definition) is 6. The normalized spacial score (nSPS) is 14.3. The number of carbonyl (C=O) groups is 2. The van der Waals surface area contributed by atoms with Gasteiger partial charge in [-0.3, -0.25) is 14.5 Å². The second kappa shape index (κ2) is 11.0. The third-order valence-electron chi connectivity index (χ3n) is 6.23. The van der Waals surface area contributed by atoms with E-state index in [4.69, 9.17) is 18.6 Å². The smallest absolute Gasteiger partial charge is 0.295 e. The number of amides is 2. The van der Waals surface area contributed by atoms with Crippen molar-refractivity contribution >= 4 is 17.5 Å². The lowest BCUT2D eigenvalue weighted by Crippen LogP contribution is -2.46. The van der Waals surface area contributed by atoms with Crippen LogP contribution in [0.1, 0.15) is 47.8 Å². The second-order valence-electron chi connectivity index (χ2n) is 8.30. The first-order chi connectivity index (χ1) is 17.1. The largest absolute Gasteiger partial charge is 0.495 e. The maximum Gasteiger partial charge on any atom is 0.295 e. The molecule has 1 aliphatic carbocycles. The van der Waals surface area contributed by atoms with Gasteiger partial charge in [-0.2, -0.15) is 0 Å². The van der Waals surface area contributed by atoms with E-state index in [9.17, 15) is 9.59 Å². The Kier molecular flexibility index (Phi) is 7.60. The summed E-state index contributed by atoms with van der Waals surface area (Å²) >= 11 is 0. The van der Waals surface area contributed by atoms with E-state index in [1.165, 1.54) is 32.5 Å². The van der Waals surface area contributed by atoms with Crippen LogP contribution in [0.2, 0.25) is 0 Å². The molecule has 0 spiro atoms. The molecule has 1 unspecified atom stereocenters. The number of hydrogen-bond donors (Lipinski definition) is 1. The van der Waals surface area contributed by atoms with E-state index >= 15 is 0 Å². The zero-order valence-corrected chi connectivity index (χ0v) is 20.2. The van der Waals surface area contributed by atoms with E-state index in [0.717, 1.165) is 25.7 Å². The van der Waals surface area contributed by atoms with Gasteiger partial charge >= 0.3 is 0 Å². The van der Waals surface area contributed by atoms with Crippen molar-refractivity contribution in [2.24, 2.45) is 0 Å². The van der Waals surface area contributed by atoms with Crippen molar-refractivity contribution in [2.75, 3.05) is 26.2 Å². The van der Waals surface area contributed by atoms with Gasteiger partial charge in [0, 0.05) is 11.6 Å². The van der Waals surface area contributed by atoms with Crippen LogP contribution in [0.4, 0.5) is 5.69 Å². The van der Waals surface area contributed by atoms with Crippen molar-refractivity contribution in [3.8, 4) is 17.2 Å². The molecular formula is C27H30N2O6. The Balaban J connectivity index is 1.92. The molecule has 2 amide bonds. The van der Waals surface area contributed by atoms with Crippen molar-refractivity contribution in [3.63, 3.8) is 0 Å².